The minimum absolute atomic E-state index is 0.0344. The van der Waals surface area contributed by atoms with Gasteiger partial charge >= 0.3 is 0 Å². The van der Waals surface area contributed by atoms with Gasteiger partial charge in [0.05, 0.1) is 22.7 Å². The molecule has 0 saturated heterocycles. The Morgan fingerprint density at radius 3 is 3.05 bits per heavy atom. The maximum absolute atomic E-state index is 11.7. The van der Waals surface area contributed by atoms with Crippen molar-refractivity contribution in [2.45, 2.75) is 19.9 Å². The van der Waals surface area contributed by atoms with Crippen molar-refractivity contribution in [1.82, 2.24) is 19.9 Å². The van der Waals surface area contributed by atoms with Gasteiger partial charge < -0.3 is 14.9 Å². The molecule has 0 spiro atoms. The molecule has 21 heavy (non-hydrogen) atoms. The molecule has 0 radical (unpaired) electrons. The smallest absolute Gasteiger partial charge is 0.221 e. The third kappa shape index (κ3) is 2.54. The molecule has 0 bridgehead atoms. The first-order valence-corrected chi connectivity index (χ1v) is 7.34. The van der Waals surface area contributed by atoms with Gasteiger partial charge in [0.1, 0.15) is 0 Å². The molecule has 0 aliphatic rings. The summed E-state index contributed by atoms with van der Waals surface area (Å²) in [6.45, 7) is 3.11. The minimum Gasteiger partial charge on any atom is -0.356 e. The lowest BCUT2D eigenvalue weighted by Gasteiger charge is -2.07. The molecule has 0 aliphatic carbocycles. The van der Waals surface area contributed by atoms with Crippen LogP contribution in [-0.4, -0.2) is 27.0 Å². The molecule has 0 unspecified atom stereocenters. The Hall–Kier alpha value is -2.21. The van der Waals surface area contributed by atoms with Gasteiger partial charge in [0.15, 0.2) is 4.77 Å². The van der Waals surface area contributed by atoms with Crippen molar-refractivity contribution >= 4 is 40.1 Å². The number of amides is 1. The zero-order chi connectivity index (χ0) is 14.8. The van der Waals surface area contributed by atoms with E-state index in [4.69, 9.17) is 12.2 Å². The summed E-state index contributed by atoms with van der Waals surface area (Å²) < 4.78 is 2.59. The van der Waals surface area contributed by atoms with Crippen molar-refractivity contribution < 1.29 is 4.79 Å². The molecule has 2 aromatic heterocycles. The first-order chi connectivity index (χ1) is 10.2. The third-order valence-electron chi connectivity index (χ3n) is 3.44. The molecule has 2 N–H and O–H groups in total. The van der Waals surface area contributed by atoms with E-state index in [0.717, 1.165) is 21.9 Å². The molecule has 0 aliphatic heterocycles. The third-order valence-corrected chi connectivity index (χ3v) is 3.76. The summed E-state index contributed by atoms with van der Waals surface area (Å²) in [7, 11) is 0. The van der Waals surface area contributed by atoms with Gasteiger partial charge in [-0.15, -0.1) is 0 Å². The fraction of sp³-hybridized carbons (Fsp3) is 0.267. The SMILES string of the molecule is CCNC(=O)CCn1c(=S)[nH]c2cnc3ccccc3c21. The highest BCUT2D eigenvalue weighted by Crippen LogP contribution is 2.23. The van der Waals surface area contributed by atoms with Gasteiger partial charge in [-0.1, -0.05) is 18.2 Å². The maximum Gasteiger partial charge on any atom is 0.221 e. The Bertz CT molecular complexity index is 865. The number of rotatable bonds is 4. The number of carbonyl (C=O) groups is 1. The Labute approximate surface area is 127 Å². The number of para-hydroxylation sites is 1. The highest BCUT2D eigenvalue weighted by atomic mass is 32.1. The Morgan fingerprint density at radius 1 is 1.43 bits per heavy atom. The van der Waals surface area contributed by atoms with Crippen molar-refractivity contribution in [3.63, 3.8) is 0 Å². The van der Waals surface area contributed by atoms with Crippen LogP contribution in [0.1, 0.15) is 13.3 Å². The number of carbonyl (C=O) groups excluding carboxylic acids is 1. The summed E-state index contributed by atoms with van der Waals surface area (Å²) in [5, 5.41) is 3.84. The first-order valence-electron chi connectivity index (χ1n) is 6.93. The van der Waals surface area contributed by atoms with Gasteiger partial charge in [0.25, 0.3) is 0 Å². The van der Waals surface area contributed by atoms with E-state index in [0.29, 0.717) is 24.3 Å². The minimum atomic E-state index is 0.0344. The molecule has 2 heterocycles. The van der Waals surface area contributed by atoms with Crippen molar-refractivity contribution in [3.8, 4) is 0 Å². The van der Waals surface area contributed by atoms with Crippen LogP contribution in [-0.2, 0) is 11.3 Å². The Balaban J connectivity index is 2.09. The summed E-state index contributed by atoms with van der Waals surface area (Å²) in [5.41, 5.74) is 2.83. The van der Waals surface area contributed by atoms with E-state index in [1.807, 2.05) is 35.8 Å². The second-order valence-corrected chi connectivity index (χ2v) is 5.21. The number of pyridine rings is 1. The van der Waals surface area contributed by atoms with Crippen LogP contribution in [0.5, 0.6) is 0 Å². The number of imidazole rings is 1. The van der Waals surface area contributed by atoms with E-state index in [1.165, 1.54) is 0 Å². The fourth-order valence-electron chi connectivity index (χ4n) is 2.51. The normalized spacial score (nSPS) is 11.1. The molecule has 0 fully saturated rings. The van der Waals surface area contributed by atoms with Crippen molar-refractivity contribution in [3.05, 3.63) is 35.2 Å². The lowest BCUT2D eigenvalue weighted by atomic mass is 10.2. The van der Waals surface area contributed by atoms with E-state index in [-0.39, 0.29) is 5.91 Å². The predicted octanol–water partition coefficient (Wildman–Crippen LogP) is 2.77. The molecule has 3 rings (SSSR count). The number of aromatic nitrogens is 3. The number of H-pyrrole nitrogens is 1. The van der Waals surface area contributed by atoms with Crippen molar-refractivity contribution in [2.75, 3.05) is 6.54 Å². The molecule has 1 aromatic carbocycles. The number of aryl methyl sites for hydroxylation is 1. The molecular formula is C15H16N4OS. The number of nitrogens with one attached hydrogen (secondary N) is 2. The van der Waals surface area contributed by atoms with Gasteiger partial charge in [-0.25, -0.2) is 0 Å². The van der Waals surface area contributed by atoms with Crippen LogP contribution in [0.2, 0.25) is 0 Å². The number of benzene rings is 1. The Kier molecular flexibility index (Phi) is 3.70. The van der Waals surface area contributed by atoms with Crippen molar-refractivity contribution in [2.24, 2.45) is 0 Å². The number of nitrogens with zero attached hydrogens (tertiary/aromatic N) is 2. The molecule has 1 amide bonds. The van der Waals surface area contributed by atoms with E-state index < -0.39 is 0 Å². The quantitative estimate of drug-likeness (QED) is 0.728. The predicted molar refractivity (Wildman–Crippen MR) is 85.7 cm³/mol. The second kappa shape index (κ2) is 5.65. The highest BCUT2D eigenvalue weighted by molar-refractivity contribution is 7.71. The number of fused-ring (bicyclic) bond motifs is 3. The molecule has 3 aromatic rings. The number of hydrogen-bond acceptors (Lipinski definition) is 3. The lowest BCUT2D eigenvalue weighted by Crippen LogP contribution is -2.23. The zero-order valence-electron chi connectivity index (χ0n) is 11.7. The highest BCUT2D eigenvalue weighted by Gasteiger charge is 2.10. The van der Waals surface area contributed by atoms with E-state index in [1.54, 1.807) is 6.20 Å². The van der Waals surface area contributed by atoms with Crippen molar-refractivity contribution in [1.29, 1.82) is 0 Å². The average molecular weight is 300 g/mol. The van der Waals surface area contributed by atoms with Crippen LogP contribution in [0.4, 0.5) is 0 Å². The standard InChI is InChI=1S/C15H16N4OS/c1-2-16-13(20)7-8-19-14-10-5-3-4-6-11(10)17-9-12(14)18-15(19)21/h3-6,9H,2,7-8H2,1H3,(H,16,20)(H,18,21). The topological polar surface area (TPSA) is 62.7 Å². The molecule has 0 atom stereocenters. The van der Waals surface area contributed by atoms with E-state index >= 15 is 0 Å². The molecule has 6 heteroatoms. The summed E-state index contributed by atoms with van der Waals surface area (Å²) in [6.07, 6.45) is 2.20. The van der Waals surface area contributed by atoms with Gasteiger partial charge in [-0.2, -0.15) is 0 Å². The van der Waals surface area contributed by atoms with E-state index in [2.05, 4.69) is 15.3 Å². The molecule has 108 valence electrons. The summed E-state index contributed by atoms with van der Waals surface area (Å²) in [4.78, 5) is 19.2. The number of aromatic amines is 1. The zero-order valence-corrected chi connectivity index (χ0v) is 12.5. The van der Waals surface area contributed by atoms with Gasteiger partial charge in [0.2, 0.25) is 5.91 Å². The van der Waals surface area contributed by atoms with Crippen LogP contribution in [0.3, 0.4) is 0 Å². The van der Waals surface area contributed by atoms with Gasteiger partial charge in [0, 0.05) is 24.9 Å². The maximum atomic E-state index is 11.7. The van der Waals surface area contributed by atoms with Crippen LogP contribution < -0.4 is 5.32 Å². The summed E-state index contributed by atoms with van der Waals surface area (Å²) in [6, 6.07) is 7.93. The monoisotopic (exact) mass is 300 g/mol. The van der Waals surface area contributed by atoms with Crippen LogP contribution >= 0.6 is 12.2 Å². The fourth-order valence-corrected chi connectivity index (χ4v) is 2.80. The second-order valence-electron chi connectivity index (χ2n) is 4.82. The molecule has 5 nitrogen and oxygen atoms in total. The number of hydrogen-bond donors (Lipinski definition) is 2. The molecule has 0 saturated carbocycles. The van der Waals surface area contributed by atoms with Crippen LogP contribution in [0, 0.1) is 4.77 Å². The summed E-state index contributed by atoms with van der Waals surface area (Å²) >= 11 is 5.38. The summed E-state index contributed by atoms with van der Waals surface area (Å²) in [5.74, 6) is 0.0344. The first kappa shape index (κ1) is 13.8. The lowest BCUT2D eigenvalue weighted by molar-refractivity contribution is -0.121. The average Bonchev–Trinajstić information content (AvgIpc) is 2.81. The largest absolute Gasteiger partial charge is 0.356 e. The van der Waals surface area contributed by atoms with Crippen LogP contribution in [0.15, 0.2) is 30.5 Å². The Morgan fingerprint density at radius 2 is 2.24 bits per heavy atom. The van der Waals surface area contributed by atoms with Crippen LogP contribution in [0.25, 0.3) is 21.9 Å². The van der Waals surface area contributed by atoms with E-state index in [9.17, 15) is 4.79 Å². The van der Waals surface area contributed by atoms with Gasteiger partial charge in [-0.05, 0) is 25.2 Å². The molecular weight excluding hydrogens is 284 g/mol. The van der Waals surface area contributed by atoms with Gasteiger partial charge in [-0.3, -0.25) is 9.78 Å².